The molecule has 3 N–H and O–H groups in total. The van der Waals surface area contributed by atoms with Crippen LogP contribution in [0.3, 0.4) is 0 Å². The van der Waals surface area contributed by atoms with E-state index in [-0.39, 0.29) is 17.5 Å². The van der Waals surface area contributed by atoms with Gasteiger partial charge in [-0.2, -0.15) is 0 Å². The Kier molecular flexibility index (Phi) is 5.97. The van der Waals surface area contributed by atoms with Crippen LogP contribution in [-0.4, -0.2) is 29.8 Å². The monoisotopic (exact) mass is 346 g/mol. The number of aromatic hydroxyl groups is 1. The molecular formula is C17H18N2O4S. The highest BCUT2D eigenvalue weighted by molar-refractivity contribution is 7.80. The minimum absolute atomic E-state index is 0.0566. The van der Waals surface area contributed by atoms with Crippen molar-refractivity contribution in [3.63, 3.8) is 0 Å². The number of ether oxygens (including phenoxy) is 2. The molecule has 126 valence electrons. The van der Waals surface area contributed by atoms with Crippen molar-refractivity contribution in [2.24, 2.45) is 0 Å². The number of phenolic OH excluding ortho intramolecular Hbond substituents is 1. The van der Waals surface area contributed by atoms with Crippen LogP contribution in [0.25, 0.3) is 0 Å². The maximum Gasteiger partial charge on any atom is 0.264 e. The highest BCUT2D eigenvalue weighted by Gasteiger charge is 2.08. The molecule has 0 heterocycles. The van der Waals surface area contributed by atoms with Gasteiger partial charge in [0.15, 0.2) is 11.7 Å². The van der Waals surface area contributed by atoms with Gasteiger partial charge in [-0.1, -0.05) is 6.07 Å². The second kappa shape index (κ2) is 8.16. The van der Waals surface area contributed by atoms with Crippen LogP contribution < -0.4 is 20.1 Å². The first-order valence-corrected chi connectivity index (χ1v) is 7.56. The van der Waals surface area contributed by atoms with Gasteiger partial charge < -0.3 is 19.9 Å². The smallest absolute Gasteiger partial charge is 0.264 e. The molecule has 2 aromatic rings. The maximum atomic E-state index is 11.8. The average Bonchev–Trinajstić information content (AvgIpc) is 2.56. The van der Waals surface area contributed by atoms with Crippen molar-refractivity contribution < 1.29 is 19.4 Å². The lowest BCUT2D eigenvalue weighted by atomic mass is 10.2. The molecule has 0 saturated carbocycles. The molecule has 0 aromatic heterocycles. The molecule has 6 nitrogen and oxygen atoms in total. The molecule has 0 aliphatic rings. The van der Waals surface area contributed by atoms with E-state index in [0.717, 1.165) is 5.56 Å². The van der Waals surface area contributed by atoms with Crippen LogP contribution in [-0.2, 0) is 4.79 Å². The van der Waals surface area contributed by atoms with Gasteiger partial charge in [-0.25, -0.2) is 0 Å². The Morgan fingerprint density at radius 1 is 1.17 bits per heavy atom. The number of thiocarbonyl (C=S) groups is 1. The van der Waals surface area contributed by atoms with Gasteiger partial charge in [0.1, 0.15) is 17.2 Å². The van der Waals surface area contributed by atoms with E-state index in [1.54, 1.807) is 43.5 Å². The van der Waals surface area contributed by atoms with E-state index in [4.69, 9.17) is 21.7 Å². The first-order chi connectivity index (χ1) is 11.5. The lowest BCUT2D eigenvalue weighted by molar-refractivity contribution is -0.121. The zero-order valence-electron chi connectivity index (χ0n) is 13.3. The lowest BCUT2D eigenvalue weighted by Crippen LogP contribution is -2.37. The van der Waals surface area contributed by atoms with Gasteiger partial charge in [-0.15, -0.1) is 0 Å². The predicted molar refractivity (Wildman–Crippen MR) is 95.7 cm³/mol. The SMILES string of the molecule is COc1ccc(OCC(=O)NC(=S)Nc2ccc(C)cc2O)cc1. The molecule has 0 saturated heterocycles. The maximum absolute atomic E-state index is 11.8. The molecule has 0 radical (unpaired) electrons. The molecule has 0 unspecified atom stereocenters. The summed E-state index contributed by atoms with van der Waals surface area (Å²) < 4.78 is 10.4. The number of carbonyl (C=O) groups is 1. The number of benzene rings is 2. The van der Waals surface area contributed by atoms with E-state index in [0.29, 0.717) is 17.2 Å². The van der Waals surface area contributed by atoms with Crippen LogP contribution in [0.2, 0.25) is 0 Å². The molecule has 1 amide bonds. The van der Waals surface area contributed by atoms with E-state index in [1.165, 1.54) is 0 Å². The van der Waals surface area contributed by atoms with Gasteiger partial charge in [-0.3, -0.25) is 10.1 Å². The highest BCUT2D eigenvalue weighted by atomic mass is 32.1. The summed E-state index contributed by atoms with van der Waals surface area (Å²) in [5.41, 5.74) is 1.34. The zero-order valence-corrected chi connectivity index (χ0v) is 14.1. The lowest BCUT2D eigenvalue weighted by Gasteiger charge is -2.12. The van der Waals surface area contributed by atoms with Gasteiger partial charge in [0.25, 0.3) is 5.91 Å². The summed E-state index contributed by atoms with van der Waals surface area (Å²) in [6.45, 7) is 1.67. The zero-order chi connectivity index (χ0) is 17.5. The number of hydrogen-bond acceptors (Lipinski definition) is 5. The number of phenols is 1. The van der Waals surface area contributed by atoms with Crippen molar-refractivity contribution in [3.8, 4) is 17.2 Å². The molecular weight excluding hydrogens is 328 g/mol. The number of methoxy groups -OCH3 is 1. The van der Waals surface area contributed by atoms with Crippen LogP contribution in [0.4, 0.5) is 5.69 Å². The fourth-order valence-corrected chi connectivity index (χ4v) is 2.11. The number of carbonyl (C=O) groups excluding carboxylic acids is 1. The molecule has 0 aliphatic carbocycles. The van der Waals surface area contributed by atoms with Crippen LogP contribution in [0.1, 0.15) is 5.56 Å². The first kappa shape index (κ1) is 17.6. The summed E-state index contributed by atoms with van der Waals surface area (Å²) in [6.07, 6.45) is 0. The number of anilines is 1. The van der Waals surface area contributed by atoms with Gasteiger partial charge in [-0.05, 0) is 61.1 Å². The second-order valence-electron chi connectivity index (χ2n) is 4.99. The highest BCUT2D eigenvalue weighted by Crippen LogP contribution is 2.23. The minimum atomic E-state index is -0.407. The summed E-state index contributed by atoms with van der Waals surface area (Å²) in [6, 6.07) is 12.0. The average molecular weight is 346 g/mol. The fraction of sp³-hybridized carbons (Fsp3) is 0.176. The largest absolute Gasteiger partial charge is 0.506 e. The number of rotatable bonds is 5. The predicted octanol–water partition coefficient (Wildman–Crippen LogP) is 2.60. The fourth-order valence-electron chi connectivity index (χ4n) is 1.88. The normalized spacial score (nSPS) is 9.92. The third-order valence-electron chi connectivity index (χ3n) is 3.08. The first-order valence-electron chi connectivity index (χ1n) is 7.15. The van der Waals surface area contributed by atoms with Crippen molar-refractivity contribution >= 4 is 28.9 Å². The molecule has 0 fully saturated rings. The Hall–Kier alpha value is -2.80. The van der Waals surface area contributed by atoms with Crippen LogP contribution in [0.5, 0.6) is 17.2 Å². The molecule has 0 spiro atoms. The summed E-state index contributed by atoms with van der Waals surface area (Å²) in [5.74, 6) is 0.895. The quantitative estimate of drug-likeness (QED) is 0.570. The van der Waals surface area contributed by atoms with Crippen molar-refractivity contribution in [3.05, 3.63) is 48.0 Å². The number of nitrogens with one attached hydrogen (secondary N) is 2. The van der Waals surface area contributed by atoms with E-state index < -0.39 is 5.91 Å². The Labute approximate surface area is 145 Å². The summed E-state index contributed by atoms with van der Waals surface area (Å²) >= 11 is 5.04. The van der Waals surface area contributed by atoms with Crippen molar-refractivity contribution in [2.45, 2.75) is 6.92 Å². The second-order valence-corrected chi connectivity index (χ2v) is 5.40. The van der Waals surface area contributed by atoms with Gasteiger partial charge in [0, 0.05) is 0 Å². The van der Waals surface area contributed by atoms with E-state index in [2.05, 4.69) is 10.6 Å². The van der Waals surface area contributed by atoms with Crippen molar-refractivity contribution in [1.82, 2.24) is 5.32 Å². The van der Waals surface area contributed by atoms with Crippen LogP contribution in [0.15, 0.2) is 42.5 Å². The third-order valence-corrected chi connectivity index (χ3v) is 3.29. The number of hydrogen-bond donors (Lipinski definition) is 3. The summed E-state index contributed by atoms with van der Waals surface area (Å²) in [5, 5.41) is 15.1. The number of amides is 1. The van der Waals surface area contributed by atoms with Gasteiger partial charge in [0.2, 0.25) is 0 Å². The molecule has 0 aliphatic heterocycles. The topological polar surface area (TPSA) is 79.8 Å². The third kappa shape index (κ3) is 5.13. The van der Waals surface area contributed by atoms with Gasteiger partial charge >= 0.3 is 0 Å². The summed E-state index contributed by atoms with van der Waals surface area (Å²) in [7, 11) is 1.57. The molecule has 7 heteroatoms. The summed E-state index contributed by atoms with van der Waals surface area (Å²) in [4.78, 5) is 11.8. The van der Waals surface area contributed by atoms with E-state index >= 15 is 0 Å². The molecule has 2 rings (SSSR count). The standard InChI is InChI=1S/C17H18N2O4S/c1-11-3-8-14(15(20)9-11)18-17(24)19-16(21)10-23-13-6-4-12(22-2)5-7-13/h3-9,20H,10H2,1-2H3,(H2,18,19,21,24). The van der Waals surface area contributed by atoms with E-state index in [1.807, 2.05) is 13.0 Å². The molecule has 24 heavy (non-hydrogen) atoms. The molecule has 2 aromatic carbocycles. The minimum Gasteiger partial charge on any atom is -0.506 e. The van der Waals surface area contributed by atoms with Gasteiger partial charge in [0.05, 0.1) is 12.8 Å². The number of aryl methyl sites for hydroxylation is 1. The van der Waals surface area contributed by atoms with Crippen LogP contribution >= 0.6 is 12.2 Å². The van der Waals surface area contributed by atoms with Crippen molar-refractivity contribution in [2.75, 3.05) is 19.0 Å². The molecule has 0 bridgehead atoms. The van der Waals surface area contributed by atoms with Crippen LogP contribution in [0, 0.1) is 6.92 Å². The Morgan fingerprint density at radius 3 is 2.46 bits per heavy atom. The Bertz CT molecular complexity index is 732. The molecule has 0 atom stereocenters. The Balaban J connectivity index is 1.81. The Morgan fingerprint density at radius 2 is 1.83 bits per heavy atom. The van der Waals surface area contributed by atoms with E-state index in [9.17, 15) is 9.90 Å². The van der Waals surface area contributed by atoms with Crippen molar-refractivity contribution in [1.29, 1.82) is 0 Å².